The lowest BCUT2D eigenvalue weighted by Gasteiger charge is -2.16. The first-order chi connectivity index (χ1) is 8.54. The van der Waals surface area contributed by atoms with Gasteiger partial charge in [-0.05, 0) is 25.5 Å². The Hall–Kier alpha value is -1.20. The van der Waals surface area contributed by atoms with E-state index in [0.717, 1.165) is 0 Å². The van der Waals surface area contributed by atoms with Gasteiger partial charge in [0.2, 0.25) is 5.91 Å². The van der Waals surface area contributed by atoms with Crippen LogP contribution in [0.3, 0.4) is 0 Å². The molecule has 1 aromatic rings. The standard InChI is InChI=1S/C13H20N2O2S/c1-9(7-8-16)18-10(2)13(17)15-12-6-4-3-5-11(12)14/h3-6,9-10,16H,7-8,14H2,1-2H3,(H,15,17). The number of para-hydroxylation sites is 2. The van der Waals surface area contributed by atoms with Gasteiger partial charge >= 0.3 is 0 Å². The summed E-state index contributed by atoms with van der Waals surface area (Å²) >= 11 is 1.54. The van der Waals surface area contributed by atoms with Gasteiger partial charge in [-0.1, -0.05) is 19.1 Å². The zero-order chi connectivity index (χ0) is 13.5. The van der Waals surface area contributed by atoms with Crippen molar-refractivity contribution >= 4 is 29.0 Å². The van der Waals surface area contributed by atoms with E-state index in [9.17, 15) is 4.79 Å². The molecule has 5 heteroatoms. The van der Waals surface area contributed by atoms with Crippen molar-refractivity contribution in [2.24, 2.45) is 0 Å². The first-order valence-electron chi connectivity index (χ1n) is 5.96. The van der Waals surface area contributed by atoms with Gasteiger partial charge < -0.3 is 16.2 Å². The molecule has 100 valence electrons. The average Bonchev–Trinajstić information content (AvgIpc) is 2.32. The van der Waals surface area contributed by atoms with Gasteiger partial charge in [-0.25, -0.2) is 0 Å². The zero-order valence-electron chi connectivity index (χ0n) is 10.7. The molecule has 2 atom stereocenters. The molecule has 0 aliphatic carbocycles. The Balaban J connectivity index is 2.52. The van der Waals surface area contributed by atoms with Gasteiger partial charge in [0.15, 0.2) is 0 Å². The number of thioether (sulfide) groups is 1. The van der Waals surface area contributed by atoms with E-state index in [1.165, 1.54) is 0 Å². The predicted molar refractivity (Wildman–Crippen MR) is 77.7 cm³/mol. The summed E-state index contributed by atoms with van der Waals surface area (Å²) in [7, 11) is 0. The van der Waals surface area contributed by atoms with Crippen LogP contribution < -0.4 is 11.1 Å². The Kier molecular flexibility index (Phi) is 6.01. The second-order valence-corrected chi connectivity index (χ2v) is 5.96. The molecule has 18 heavy (non-hydrogen) atoms. The summed E-state index contributed by atoms with van der Waals surface area (Å²) in [6.07, 6.45) is 0.690. The SMILES string of the molecule is CC(CCO)SC(C)C(=O)Nc1ccccc1N. The number of nitrogens with one attached hydrogen (secondary N) is 1. The molecule has 0 spiro atoms. The number of hydrogen-bond acceptors (Lipinski definition) is 4. The Labute approximate surface area is 112 Å². The topological polar surface area (TPSA) is 75.3 Å². The van der Waals surface area contributed by atoms with Gasteiger partial charge in [-0.3, -0.25) is 4.79 Å². The second-order valence-electron chi connectivity index (χ2n) is 4.18. The molecule has 0 saturated carbocycles. The highest BCUT2D eigenvalue weighted by Crippen LogP contribution is 2.23. The quantitative estimate of drug-likeness (QED) is 0.691. The van der Waals surface area contributed by atoms with Crippen LogP contribution >= 0.6 is 11.8 Å². The van der Waals surface area contributed by atoms with Crippen molar-refractivity contribution < 1.29 is 9.90 Å². The fourth-order valence-corrected chi connectivity index (χ4v) is 2.63. The maximum absolute atomic E-state index is 12.0. The van der Waals surface area contributed by atoms with Gasteiger partial charge in [0.25, 0.3) is 0 Å². The molecule has 0 saturated heterocycles. The van der Waals surface area contributed by atoms with Crippen LogP contribution in [0.25, 0.3) is 0 Å². The van der Waals surface area contributed by atoms with Gasteiger partial charge in [-0.2, -0.15) is 0 Å². The van der Waals surface area contributed by atoms with Gasteiger partial charge in [0.1, 0.15) is 0 Å². The summed E-state index contributed by atoms with van der Waals surface area (Å²) in [5.41, 5.74) is 6.97. The third-order valence-electron chi connectivity index (χ3n) is 2.56. The maximum Gasteiger partial charge on any atom is 0.237 e. The molecule has 4 N–H and O–H groups in total. The molecule has 1 amide bonds. The van der Waals surface area contributed by atoms with Crippen molar-refractivity contribution in [3.63, 3.8) is 0 Å². The molecule has 1 rings (SSSR count). The Bertz CT molecular complexity index is 398. The number of carbonyl (C=O) groups is 1. The molecule has 0 aromatic heterocycles. The van der Waals surface area contributed by atoms with E-state index in [1.54, 1.807) is 23.9 Å². The number of nitrogens with two attached hydrogens (primary N) is 1. The fourth-order valence-electron chi connectivity index (χ4n) is 1.51. The van der Waals surface area contributed by atoms with Crippen LogP contribution in [0.2, 0.25) is 0 Å². The number of hydrogen-bond donors (Lipinski definition) is 3. The smallest absolute Gasteiger partial charge is 0.237 e. The van der Waals surface area contributed by atoms with Gasteiger partial charge in [-0.15, -0.1) is 11.8 Å². The van der Waals surface area contributed by atoms with Crippen LogP contribution in [0.1, 0.15) is 20.3 Å². The monoisotopic (exact) mass is 268 g/mol. The third kappa shape index (κ3) is 4.58. The van der Waals surface area contributed by atoms with Crippen LogP contribution in [0.5, 0.6) is 0 Å². The lowest BCUT2D eigenvalue weighted by molar-refractivity contribution is -0.115. The third-order valence-corrected chi connectivity index (χ3v) is 3.88. The molecule has 4 nitrogen and oxygen atoms in total. The van der Waals surface area contributed by atoms with E-state index in [1.807, 2.05) is 26.0 Å². The number of benzene rings is 1. The Morgan fingerprint density at radius 1 is 1.44 bits per heavy atom. The summed E-state index contributed by atoms with van der Waals surface area (Å²) in [6.45, 7) is 4.00. The highest BCUT2D eigenvalue weighted by Gasteiger charge is 2.17. The highest BCUT2D eigenvalue weighted by molar-refractivity contribution is 8.01. The van der Waals surface area contributed by atoms with E-state index < -0.39 is 0 Å². The van der Waals surface area contributed by atoms with E-state index in [4.69, 9.17) is 10.8 Å². The molecular weight excluding hydrogens is 248 g/mol. The number of carbonyl (C=O) groups excluding carboxylic acids is 1. The molecule has 2 unspecified atom stereocenters. The van der Waals surface area contributed by atoms with E-state index in [2.05, 4.69) is 5.32 Å². The number of rotatable bonds is 6. The summed E-state index contributed by atoms with van der Waals surface area (Å²) in [6, 6.07) is 7.19. The number of anilines is 2. The first-order valence-corrected chi connectivity index (χ1v) is 6.90. The molecule has 0 radical (unpaired) electrons. The minimum absolute atomic E-state index is 0.0670. The number of aliphatic hydroxyl groups excluding tert-OH is 1. The lowest BCUT2D eigenvalue weighted by atomic mass is 10.2. The van der Waals surface area contributed by atoms with Crippen molar-refractivity contribution in [3.05, 3.63) is 24.3 Å². The summed E-state index contributed by atoms with van der Waals surface area (Å²) in [5.74, 6) is -0.0670. The molecule has 0 bridgehead atoms. The van der Waals surface area contributed by atoms with Crippen molar-refractivity contribution in [1.82, 2.24) is 0 Å². The van der Waals surface area contributed by atoms with Crippen LogP contribution in [0, 0.1) is 0 Å². The number of nitrogen functional groups attached to an aromatic ring is 1. The molecule has 0 fully saturated rings. The van der Waals surface area contributed by atoms with Crippen LogP contribution in [-0.4, -0.2) is 28.1 Å². The van der Waals surface area contributed by atoms with Crippen LogP contribution in [-0.2, 0) is 4.79 Å². The minimum Gasteiger partial charge on any atom is -0.397 e. The average molecular weight is 268 g/mol. The van der Waals surface area contributed by atoms with E-state index >= 15 is 0 Å². The van der Waals surface area contributed by atoms with Gasteiger partial charge in [0, 0.05) is 11.9 Å². The molecule has 1 aromatic carbocycles. The molecular formula is C13H20N2O2S. The molecule has 0 aliphatic heterocycles. The van der Waals surface area contributed by atoms with Crippen LogP contribution in [0.4, 0.5) is 11.4 Å². The predicted octanol–water partition coefficient (Wildman–Crippen LogP) is 2.10. The van der Waals surface area contributed by atoms with E-state index in [-0.39, 0.29) is 23.0 Å². The summed E-state index contributed by atoms with van der Waals surface area (Å²) < 4.78 is 0. The van der Waals surface area contributed by atoms with Crippen LogP contribution in [0.15, 0.2) is 24.3 Å². The maximum atomic E-state index is 12.0. The fraction of sp³-hybridized carbons (Fsp3) is 0.462. The largest absolute Gasteiger partial charge is 0.397 e. The van der Waals surface area contributed by atoms with E-state index in [0.29, 0.717) is 17.8 Å². The Morgan fingerprint density at radius 2 is 2.11 bits per heavy atom. The summed E-state index contributed by atoms with van der Waals surface area (Å²) in [5, 5.41) is 11.7. The van der Waals surface area contributed by atoms with Gasteiger partial charge in [0.05, 0.1) is 16.6 Å². The first kappa shape index (κ1) is 14.9. The normalized spacial score (nSPS) is 13.9. The van der Waals surface area contributed by atoms with Crippen molar-refractivity contribution in [2.75, 3.05) is 17.7 Å². The zero-order valence-corrected chi connectivity index (χ0v) is 11.5. The molecule has 0 aliphatic rings. The number of amides is 1. The lowest BCUT2D eigenvalue weighted by Crippen LogP contribution is -2.24. The summed E-state index contributed by atoms with van der Waals surface area (Å²) in [4.78, 5) is 12.0. The highest BCUT2D eigenvalue weighted by atomic mass is 32.2. The number of aliphatic hydroxyl groups is 1. The van der Waals surface area contributed by atoms with Crippen molar-refractivity contribution in [2.45, 2.75) is 30.8 Å². The second kappa shape index (κ2) is 7.28. The molecule has 0 heterocycles. The van der Waals surface area contributed by atoms with Crippen molar-refractivity contribution in [3.8, 4) is 0 Å². The van der Waals surface area contributed by atoms with Crippen molar-refractivity contribution in [1.29, 1.82) is 0 Å². The Morgan fingerprint density at radius 3 is 2.72 bits per heavy atom. The minimum atomic E-state index is -0.175.